The third kappa shape index (κ3) is 2.58. The summed E-state index contributed by atoms with van der Waals surface area (Å²) in [6.07, 6.45) is 0. The number of hydrogen-bond acceptors (Lipinski definition) is 4. The van der Waals surface area contributed by atoms with Gasteiger partial charge in [-0.15, -0.1) is 11.8 Å². The fourth-order valence-electron chi connectivity index (χ4n) is 1.63. The number of nitrogens with zero attached hydrogens (tertiary/aromatic N) is 1. The summed E-state index contributed by atoms with van der Waals surface area (Å²) in [5.74, 6) is -3.63. The zero-order valence-corrected chi connectivity index (χ0v) is 11.0. The zero-order valence-electron chi connectivity index (χ0n) is 9.42. The number of rotatable bonds is 3. The Morgan fingerprint density at radius 3 is 2.63 bits per heavy atom. The zero-order chi connectivity index (χ0) is 14.2. The van der Waals surface area contributed by atoms with Crippen molar-refractivity contribution in [1.29, 1.82) is 0 Å². The van der Waals surface area contributed by atoms with Gasteiger partial charge in [0.2, 0.25) is 10.0 Å². The first-order chi connectivity index (χ1) is 8.84. The summed E-state index contributed by atoms with van der Waals surface area (Å²) in [5.41, 5.74) is 0. The van der Waals surface area contributed by atoms with Crippen molar-refractivity contribution in [2.24, 2.45) is 0 Å². The standard InChI is InChI=1S/C10H9F2NO4S2/c11-7-2-1-6(3-8(7)12)19(16,17)13-5-18-4-9(13)10(14)15/h1-3,9H,4-5H2,(H,14,15). The normalized spacial score (nSPS) is 20.6. The predicted molar refractivity (Wildman–Crippen MR) is 64.1 cm³/mol. The first-order valence-electron chi connectivity index (χ1n) is 5.11. The predicted octanol–water partition coefficient (Wildman–Crippen LogP) is 1.11. The SMILES string of the molecule is O=C(O)C1CSCN1S(=O)(=O)c1ccc(F)c(F)c1. The van der Waals surface area contributed by atoms with Crippen LogP contribution in [0.3, 0.4) is 0 Å². The molecule has 1 aromatic rings. The topological polar surface area (TPSA) is 74.7 Å². The van der Waals surface area contributed by atoms with Gasteiger partial charge in [-0.25, -0.2) is 17.2 Å². The Balaban J connectivity index is 2.42. The first-order valence-corrected chi connectivity index (χ1v) is 7.71. The number of carboxylic acid groups (broad SMARTS) is 1. The Bertz CT molecular complexity index is 620. The molecule has 1 atom stereocenters. The molecule has 5 nitrogen and oxygen atoms in total. The van der Waals surface area contributed by atoms with Crippen LogP contribution in [0.25, 0.3) is 0 Å². The van der Waals surface area contributed by atoms with E-state index in [0.717, 1.165) is 22.1 Å². The number of sulfonamides is 1. The smallest absolute Gasteiger partial charge is 0.322 e. The molecule has 0 spiro atoms. The summed E-state index contributed by atoms with van der Waals surface area (Å²) in [4.78, 5) is 10.5. The second-order valence-electron chi connectivity index (χ2n) is 3.82. The Morgan fingerprint density at radius 2 is 2.05 bits per heavy atom. The fourth-order valence-corrected chi connectivity index (χ4v) is 4.78. The summed E-state index contributed by atoms with van der Waals surface area (Å²) < 4.78 is 51.0. The van der Waals surface area contributed by atoms with Crippen LogP contribution in [0.4, 0.5) is 8.78 Å². The van der Waals surface area contributed by atoms with Gasteiger partial charge >= 0.3 is 5.97 Å². The quantitative estimate of drug-likeness (QED) is 0.905. The maximum Gasteiger partial charge on any atom is 0.322 e. The summed E-state index contributed by atoms with van der Waals surface area (Å²) in [6, 6.07) is 0.965. The molecule has 0 radical (unpaired) electrons. The van der Waals surface area contributed by atoms with Crippen molar-refractivity contribution in [3.63, 3.8) is 0 Å². The first kappa shape index (κ1) is 14.2. The molecule has 1 heterocycles. The highest BCUT2D eigenvalue weighted by atomic mass is 32.2. The number of aliphatic carboxylic acids is 1. The minimum absolute atomic E-state index is 0.0295. The summed E-state index contributed by atoms with van der Waals surface area (Å²) in [5, 5.41) is 8.94. The van der Waals surface area contributed by atoms with Gasteiger partial charge in [0.25, 0.3) is 0 Å². The monoisotopic (exact) mass is 309 g/mol. The maximum atomic E-state index is 13.1. The van der Waals surface area contributed by atoms with Gasteiger partial charge in [0.1, 0.15) is 6.04 Å². The van der Waals surface area contributed by atoms with Crippen molar-refractivity contribution in [2.45, 2.75) is 10.9 Å². The number of benzene rings is 1. The van der Waals surface area contributed by atoms with Crippen LogP contribution in [0.15, 0.2) is 23.1 Å². The Morgan fingerprint density at radius 1 is 1.37 bits per heavy atom. The van der Waals surface area contributed by atoms with Gasteiger partial charge in [-0.2, -0.15) is 4.31 Å². The lowest BCUT2D eigenvalue weighted by molar-refractivity contribution is -0.140. The summed E-state index contributed by atoms with van der Waals surface area (Å²) in [7, 11) is -4.15. The van der Waals surface area contributed by atoms with Gasteiger partial charge in [0, 0.05) is 5.75 Å². The lowest BCUT2D eigenvalue weighted by atomic mass is 10.3. The Hall–Kier alpha value is -1.19. The van der Waals surface area contributed by atoms with Crippen LogP contribution in [0.2, 0.25) is 0 Å². The molecule has 9 heteroatoms. The number of carboxylic acids is 1. The van der Waals surface area contributed by atoms with Crippen LogP contribution in [0, 0.1) is 11.6 Å². The molecule has 1 saturated heterocycles. The molecule has 1 N–H and O–H groups in total. The number of carbonyl (C=O) groups is 1. The van der Waals surface area contributed by atoms with Crippen molar-refractivity contribution >= 4 is 27.8 Å². The molecule has 1 aliphatic heterocycles. The molecule has 2 rings (SSSR count). The third-order valence-electron chi connectivity index (χ3n) is 2.62. The molecule has 1 aromatic carbocycles. The molecule has 1 aliphatic rings. The highest BCUT2D eigenvalue weighted by Crippen LogP contribution is 2.28. The van der Waals surface area contributed by atoms with Gasteiger partial charge in [0.15, 0.2) is 11.6 Å². The van der Waals surface area contributed by atoms with Gasteiger partial charge < -0.3 is 5.11 Å². The van der Waals surface area contributed by atoms with E-state index in [1.54, 1.807) is 0 Å². The van der Waals surface area contributed by atoms with Crippen LogP contribution < -0.4 is 0 Å². The molecule has 0 saturated carbocycles. The van der Waals surface area contributed by atoms with Crippen LogP contribution in [-0.4, -0.2) is 41.5 Å². The van der Waals surface area contributed by atoms with Crippen LogP contribution >= 0.6 is 11.8 Å². The molecule has 1 fully saturated rings. The minimum atomic E-state index is -4.15. The number of hydrogen-bond donors (Lipinski definition) is 1. The highest BCUT2D eigenvalue weighted by molar-refractivity contribution is 8.00. The molecule has 19 heavy (non-hydrogen) atoms. The van der Waals surface area contributed by atoms with E-state index in [9.17, 15) is 22.0 Å². The van der Waals surface area contributed by atoms with Crippen molar-refractivity contribution < 1.29 is 27.1 Å². The molecular weight excluding hydrogens is 300 g/mol. The van der Waals surface area contributed by atoms with E-state index in [4.69, 9.17) is 5.11 Å². The van der Waals surface area contributed by atoms with Gasteiger partial charge in [-0.1, -0.05) is 0 Å². The molecule has 0 bridgehead atoms. The maximum absolute atomic E-state index is 13.1. The molecule has 0 amide bonds. The van der Waals surface area contributed by atoms with Crippen LogP contribution in [-0.2, 0) is 14.8 Å². The van der Waals surface area contributed by atoms with Crippen molar-refractivity contribution in [1.82, 2.24) is 4.31 Å². The van der Waals surface area contributed by atoms with E-state index in [2.05, 4.69) is 0 Å². The van der Waals surface area contributed by atoms with E-state index >= 15 is 0 Å². The van der Waals surface area contributed by atoms with Crippen LogP contribution in [0.5, 0.6) is 0 Å². The van der Waals surface area contributed by atoms with E-state index in [-0.39, 0.29) is 11.6 Å². The number of thioether (sulfide) groups is 1. The lowest BCUT2D eigenvalue weighted by Gasteiger charge is -2.20. The van der Waals surface area contributed by atoms with E-state index in [1.807, 2.05) is 0 Å². The largest absolute Gasteiger partial charge is 0.480 e. The fraction of sp³-hybridized carbons (Fsp3) is 0.300. The van der Waals surface area contributed by atoms with Crippen molar-refractivity contribution in [3.8, 4) is 0 Å². The second kappa shape index (κ2) is 5.06. The second-order valence-corrected chi connectivity index (χ2v) is 6.71. The third-order valence-corrected chi connectivity index (χ3v) is 5.65. The van der Waals surface area contributed by atoms with Crippen LogP contribution in [0.1, 0.15) is 0 Å². The van der Waals surface area contributed by atoms with Crippen molar-refractivity contribution in [3.05, 3.63) is 29.8 Å². The van der Waals surface area contributed by atoms with Gasteiger partial charge in [0.05, 0.1) is 10.8 Å². The Labute approximate surface area is 112 Å². The van der Waals surface area contributed by atoms with Gasteiger partial charge in [-0.05, 0) is 18.2 Å². The van der Waals surface area contributed by atoms with E-state index in [1.165, 1.54) is 0 Å². The molecule has 0 aromatic heterocycles. The average Bonchev–Trinajstić information content (AvgIpc) is 2.82. The summed E-state index contributed by atoms with van der Waals surface area (Å²) >= 11 is 1.15. The highest BCUT2D eigenvalue weighted by Gasteiger charge is 2.40. The lowest BCUT2D eigenvalue weighted by Crippen LogP contribution is -2.41. The molecule has 0 aliphatic carbocycles. The average molecular weight is 309 g/mol. The summed E-state index contributed by atoms with van der Waals surface area (Å²) in [6.45, 7) is 0. The van der Waals surface area contributed by atoms with Crippen molar-refractivity contribution in [2.75, 3.05) is 11.6 Å². The Kier molecular flexibility index (Phi) is 3.79. The van der Waals surface area contributed by atoms with E-state index in [0.29, 0.717) is 12.1 Å². The van der Waals surface area contributed by atoms with Gasteiger partial charge in [-0.3, -0.25) is 4.79 Å². The molecule has 104 valence electrons. The van der Waals surface area contributed by atoms with E-state index < -0.39 is 38.6 Å². The molecular formula is C10H9F2NO4S2. The minimum Gasteiger partial charge on any atom is -0.480 e. The number of halogens is 2. The molecule has 1 unspecified atom stereocenters.